The van der Waals surface area contributed by atoms with Gasteiger partial charge < -0.3 is 10.2 Å². The Bertz CT molecular complexity index is 1070. The van der Waals surface area contributed by atoms with Gasteiger partial charge in [-0.05, 0) is 56.5 Å². The maximum absolute atomic E-state index is 13.5. The molecule has 0 saturated heterocycles. The van der Waals surface area contributed by atoms with Crippen LogP contribution in [0.15, 0.2) is 48.5 Å². The van der Waals surface area contributed by atoms with E-state index in [0.717, 1.165) is 21.7 Å². The highest BCUT2D eigenvalue weighted by Crippen LogP contribution is 2.24. The first-order valence-electron chi connectivity index (χ1n) is 10.8. The first-order chi connectivity index (χ1) is 15.4. The molecule has 180 valence electrons. The Balaban J connectivity index is 2.42. The normalized spacial score (nSPS) is 12.3. The number of benzene rings is 2. The van der Waals surface area contributed by atoms with Gasteiger partial charge in [0.1, 0.15) is 12.6 Å². The fourth-order valence-corrected chi connectivity index (χ4v) is 4.43. The molecule has 0 saturated carbocycles. The molecule has 0 radical (unpaired) electrons. The smallest absolute Gasteiger partial charge is 0.244 e. The lowest BCUT2D eigenvalue weighted by molar-refractivity contribution is -0.139. The summed E-state index contributed by atoms with van der Waals surface area (Å²) in [6.07, 6.45) is 1.68. The molecule has 0 aliphatic carbocycles. The molecule has 0 aromatic heterocycles. The minimum absolute atomic E-state index is 0.101. The molecule has 0 aliphatic rings. The summed E-state index contributed by atoms with van der Waals surface area (Å²) in [7, 11) is -3.75. The van der Waals surface area contributed by atoms with Gasteiger partial charge >= 0.3 is 0 Å². The molecule has 1 N–H and O–H groups in total. The molecule has 2 aromatic rings. The van der Waals surface area contributed by atoms with Gasteiger partial charge in [-0.2, -0.15) is 0 Å². The van der Waals surface area contributed by atoms with E-state index in [1.807, 2.05) is 32.9 Å². The Morgan fingerprint density at radius 1 is 1.03 bits per heavy atom. The van der Waals surface area contributed by atoms with Crippen LogP contribution in [0.3, 0.4) is 0 Å². The van der Waals surface area contributed by atoms with Crippen LogP contribution < -0.4 is 9.62 Å². The zero-order valence-electron chi connectivity index (χ0n) is 19.7. The number of halogens is 1. The van der Waals surface area contributed by atoms with Gasteiger partial charge in [0, 0.05) is 17.6 Å². The summed E-state index contributed by atoms with van der Waals surface area (Å²) in [6, 6.07) is 13.1. The van der Waals surface area contributed by atoms with Crippen LogP contribution in [0, 0.1) is 0 Å². The van der Waals surface area contributed by atoms with Crippen LogP contribution in [-0.2, 0) is 32.6 Å². The summed E-state index contributed by atoms with van der Waals surface area (Å²) >= 11 is 5.98. The second-order valence-corrected chi connectivity index (χ2v) is 10.6. The van der Waals surface area contributed by atoms with E-state index in [-0.39, 0.29) is 18.5 Å². The highest BCUT2D eigenvalue weighted by atomic mass is 35.5. The molecule has 7 nitrogen and oxygen atoms in total. The fourth-order valence-electron chi connectivity index (χ4n) is 3.42. The second-order valence-electron chi connectivity index (χ2n) is 8.24. The van der Waals surface area contributed by atoms with Crippen molar-refractivity contribution in [3.63, 3.8) is 0 Å². The summed E-state index contributed by atoms with van der Waals surface area (Å²) in [5.41, 5.74) is 2.05. The predicted octanol–water partition coefficient (Wildman–Crippen LogP) is 3.61. The Labute approximate surface area is 201 Å². The number of nitrogens with zero attached hydrogens (tertiary/aromatic N) is 2. The molecule has 0 fully saturated rings. The molecule has 0 spiro atoms. The molecule has 0 unspecified atom stereocenters. The summed E-state index contributed by atoms with van der Waals surface area (Å²) in [5.74, 6) is -0.792. The predicted molar refractivity (Wildman–Crippen MR) is 133 cm³/mol. The quantitative estimate of drug-likeness (QED) is 0.547. The third-order valence-corrected chi connectivity index (χ3v) is 6.56. The van der Waals surface area contributed by atoms with Crippen molar-refractivity contribution in [1.82, 2.24) is 10.2 Å². The van der Waals surface area contributed by atoms with Gasteiger partial charge in [-0.3, -0.25) is 13.9 Å². The number of sulfonamides is 1. The number of nitrogens with one attached hydrogen (secondary N) is 1. The van der Waals surface area contributed by atoms with Crippen molar-refractivity contribution >= 4 is 39.1 Å². The first kappa shape index (κ1) is 26.7. The number of hydrogen-bond acceptors (Lipinski definition) is 4. The van der Waals surface area contributed by atoms with E-state index in [0.29, 0.717) is 17.1 Å². The molecule has 33 heavy (non-hydrogen) atoms. The van der Waals surface area contributed by atoms with E-state index in [4.69, 9.17) is 11.6 Å². The molecule has 0 aliphatic heterocycles. The van der Waals surface area contributed by atoms with Gasteiger partial charge in [-0.25, -0.2) is 8.42 Å². The number of hydrogen-bond donors (Lipinski definition) is 1. The van der Waals surface area contributed by atoms with Crippen molar-refractivity contribution in [3.05, 3.63) is 64.7 Å². The monoisotopic (exact) mass is 493 g/mol. The van der Waals surface area contributed by atoms with Crippen molar-refractivity contribution in [3.8, 4) is 0 Å². The third kappa shape index (κ3) is 7.47. The minimum Gasteiger partial charge on any atom is -0.352 e. The van der Waals surface area contributed by atoms with E-state index in [1.165, 1.54) is 4.90 Å². The topological polar surface area (TPSA) is 86.8 Å². The summed E-state index contributed by atoms with van der Waals surface area (Å²) in [4.78, 5) is 27.6. The number of anilines is 1. The lowest BCUT2D eigenvalue weighted by Crippen LogP contribution is -2.52. The van der Waals surface area contributed by atoms with Crippen LogP contribution in [0.1, 0.15) is 38.8 Å². The number of carbonyl (C=O) groups is 2. The Hall–Kier alpha value is -2.58. The fraction of sp³-hybridized carbons (Fsp3) is 0.417. The van der Waals surface area contributed by atoms with E-state index < -0.39 is 28.5 Å². The van der Waals surface area contributed by atoms with E-state index in [9.17, 15) is 18.0 Å². The molecular formula is C24H32ClN3O4S. The van der Waals surface area contributed by atoms with E-state index in [2.05, 4.69) is 5.32 Å². The third-order valence-electron chi connectivity index (χ3n) is 5.18. The van der Waals surface area contributed by atoms with Crippen molar-refractivity contribution < 1.29 is 18.0 Å². The van der Waals surface area contributed by atoms with Crippen LogP contribution in [0.4, 0.5) is 5.69 Å². The van der Waals surface area contributed by atoms with E-state index >= 15 is 0 Å². The molecular weight excluding hydrogens is 462 g/mol. The van der Waals surface area contributed by atoms with Gasteiger partial charge in [0.15, 0.2) is 0 Å². The van der Waals surface area contributed by atoms with E-state index in [1.54, 1.807) is 43.3 Å². The Morgan fingerprint density at radius 3 is 2.18 bits per heavy atom. The molecule has 1 atom stereocenters. The van der Waals surface area contributed by atoms with Crippen molar-refractivity contribution in [2.45, 2.75) is 52.7 Å². The Morgan fingerprint density at radius 2 is 1.64 bits per heavy atom. The minimum atomic E-state index is -3.75. The molecule has 0 bridgehead atoms. The maximum Gasteiger partial charge on any atom is 0.244 e. The van der Waals surface area contributed by atoms with Crippen molar-refractivity contribution in [2.75, 3.05) is 17.1 Å². The first-order valence-corrected chi connectivity index (χ1v) is 13.1. The number of amides is 2. The molecule has 2 amide bonds. The number of aryl methyl sites for hydroxylation is 1. The number of rotatable bonds is 10. The summed E-state index contributed by atoms with van der Waals surface area (Å²) < 4.78 is 26.4. The molecule has 2 rings (SSSR count). The standard InChI is InChI=1S/C24H32ClN3O4S/c1-6-20-9-7-8-10-22(20)28(33(5,31)32)16-23(29)27(18(4)24(30)26-17(2)3)15-19-11-13-21(25)14-12-19/h7-14,17-18H,6,15-16H2,1-5H3,(H,26,30)/t18-/m1/s1. The second kappa shape index (κ2) is 11.5. The highest BCUT2D eigenvalue weighted by molar-refractivity contribution is 7.92. The lowest BCUT2D eigenvalue weighted by Gasteiger charge is -2.32. The molecule has 2 aromatic carbocycles. The van der Waals surface area contributed by atoms with Crippen LogP contribution in [-0.4, -0.2) is 50.0 Å². The largest absolute Gasteiger partial charge is 0.352 e. The van der Waals surface area contributed by atoms with Crippen LogP contribution in [0.5, 0.6) is 0 Å². The molecule has 9 heteroatoms. The van der Waals surface area contributed by atoms with Crippen molar-refractivity contribution in [1.29, 1.82) is 0 Å². The highest BCUT2D eigenvalue weighted by Gasteiger charge is 2.30. The van der Waals surface area contributed by atoms with Crippen LogP contribution >= 0.6 is 11.6 Å². The molecule has 0 heterocycles. The summed E-state index contributed by atoms with van der Waals surface area (Å²) in [5, 5.41) is 3.38. The number of para-hydroxylation sites is 1. The average molecular weight is 494 g/mol. The van der Waals surface area contributed by atoms with Crippen LogP contribution in [0.2, 0.25) is 5.02 Å². The zero-order valence-corrected chi connectivity index (χ0v) is 21.3. The number of carbonyl (C=O) groups excluding carboxylic acids is 2. The zero-order chi connectivity index (χ0) is 24.8. The van der Waals surface area contributed by atoms with Gasteiger partial charge in [0.2, 0.25) is 21.8 Å². The van der Waals surface area contributed by atoms with Gasteiger partial charge in [0.25, 0.3) is 0 Å². The lowest BCUT2D eigenvalue weighted by atomic mass is 10.1. The maximum atomic E-state index is 13.5. The van der Waals surface area contributed by atoms with Gasteiger partial charge in [-0.1, -0.05) is 48.9 Å². The Kier molecular flexibility index (Phi) is 9.31. The SMILES string of the molecule is CCc1ccccc1N(CC(=O)N(Cc1ccc(Cl)cc1)[C@H](C)C(=O)NC(C)C)S(C)(=O)=O. The van der Waals surface area contributed by atoms with Crippen LogP contribution in [0.25, 0.3) is 0 Å². The van der Waals surface area contributed by atoms with Gasteiger partial charge in [0.05, 0.1) is 11.9 Å². The summed E-state index contributed by atoms with van der Waals surface area (Å²) in [6.45, 7) is 6.95. The van der Waals surface area contributed by atoms with Crippen molar-refractivity contribution in [2.24, 2.45) is 0 Å². The average Bonchev–Trinajstić information content (AvgIpc) is 2.75. The van der Waals surface area contributed by atoms with Gasteiger partial charge in [-0.15, -0.1) is 0 Å².